The van der Waals surface area contributed by atoms with E-state index >= 15 is 0 Å². The van der Waals surface area contributed by atoms with Gasteiger partial charge in [0.15, 0.2) is 0 Å². The number of thiophene rings is 1. The van der Waals surface area contributed by atoms with Crippen LogP contribution in [-0.4, -0.2) is 35.0 Å². The number of fused-ring (bicyclic) bond motifs is 1. The first kappa shape index (κ1) is 19.2. The summed E-state index contributed by atoms with van der Waals surface area (Å²) in [7, 11) is 1.63. The third-order valence-corrected chi connectivity index (χ3v) is 11.7. The minimum atomic E-state index is -2.31. The fourth-order valence-corrected chi connectivity index (χ4v) is 8.98. The third kappa shape index (κ3) is 3.37. The Morgan fingerprint density at radius 1 is 1.00 bits per heavy atom. The van der Waals surface area contributed by atoms with Crippen molar-refractivity contribution in [3.63, 3.8) is 0 Å². The molecule has 2 aromatic heterocycles. The van der Waals surface area contributed by atoms with Gasteiger partial charge in [-0.25, -0.2) is 0 Å². The quantitative estimate of drug-likeness (QED) is 0.386. The van der Waals surface area contributed by atoms with E-state index in [0.29, 0.717) is 4.70 Å². The van der Waals surface area contributed by atoms with Crippen LogP contribution in [0.25, 0.3) is 27.0 Å². The van der Waals surface area contributed by atoms with Crippen molar-refractivity contribution < 1.29 is 4.74 Å². The Labute approximate surface area is 172 Å². The number of rotatable bonds is 4. The van der Waals surface area contributed by atoms with Gasteiger partial charge in [-0.2, -0.15) is 0 Å². The number of ether oxygens (including phenoxy) is 1. The topological polar surface area (TPSA) is 44.1 Å². The zero-order chi connectivity index (χ0) is 19.9. The summed E-state index contributed by atoms with van der Waals surface area (Å²) in [5, 5.41) is 2.08. The van der Waals surface area contributed by atoms with Gasteiger partial charge in [0, 0.05) is 0 Å². The van der Waals surface area contributed by atoms with Crippen LogP contribution in [0.4, 0.5) is 0 Å². The molecule has 0 fully saturated rings. The van der Waals surface area contributed by atoms with Gasteiger partial charge in [-0.15, -0.1) is 0 Å². The Hall–Kier alpha value is -2.12. The predicted molar refractivity (Wildman–Crippen MR) is 120 cm³/mol. The van der Waals surface area contributed by atoms with Crippen molar-refractivity contribution in [2.24, 2.45) is 0 Å². The summed E-state index contributed by atoms with van der Waals surface area (Å²) in [6, 6.07) is 16.0. The van der Waals surface area contributed by atoms with Gasteiger partial charge in [-0.1, -0.05) is 0 Å². The van der Waals surface area contributed by atoms with Gasteiger partial charge in [-0.3, -0.25) is 0 Å². The first-order valence-corrected chi connectivity index (χ1v) is 20.0. The monoisotopic (exact) mass is 498 g/mol. The van der Waals surface area contributed by atoms with E-state index in [1.165, 1.54) is 20.5 Å². The molecule has 0 saturated heterocycles. The van der Waals surface area contributed by atoms with Gasteiger partial charge in [-0.05, 0) is 0 Å². The maximum atomic E-state index is 13.1. The van der Waals surface area contributed by atoms with E-state index in [1.54, 1.807) is 18.0 Å². The Bertz CT molecular complexity index is 1200. The molecule has 0 saturated carbocycles. The van der Waals surface area contributed by atoms with Crippen LogP contribution in [0.3, 0.4) is 0 Å². The summed E-state index contributed by atoms with van der Waals surface area (Å²) in [4.78, 5) is 25.0. The number of aromatic nitrogens is 2. The second kappa shape index (κ2) is 7.37. The zero-order valence-electron chi connectivity index (χ0n) is 16.4. The molecule has 4 nitrogen and oxygen atoms in total. The van der Waals surface area contributed by atoms with Crippen LogP contribution in [0.5, 0.6) is 5.75 Å². The molecule has 0 aliphatic rings. The fourth-order valence-electron chi connectivity index (χ4n) is 3.40. The van der Waals surface area contributed by atoms with E-state index < -0.39 is 18.4 Å². The van der Waals surface area contributed by atoms with Gasteiger partial charge < -0.3 is 0 Å². The molecule has 0 aliphatic carbocycles. The second-order valence-electron chi connectivity index (χ2n) is 7.74. The van der Waals surface area contributed by atoms with E-state index in [0.717, 1.165) is 22.5 Å². The minimum absolute atomic E-state index is 0.0387. The Kier molecular flexibility index (Phi) is 5.05. The SMILES string of the molecule is COc1ccc(-n2cnc3c(-c4cccc[c]4[Sn]([CH3])([CH3])[CH3])csc3c2=O)cc1. The molecule has 0 bridgehead atoms. The van der Waals surface area contributed by atoms with E-state index in [-0.39, 0.29) is 5.56 Å². The van der Waals surface area contributed by atoms with Crippen molar-refractivity contribution in [3.05, 3.63) is 70.6 Å². The molecule has 0 unspecified atom stereocenters. The van der Waals surface area contributed by atoms with Crippen molar-refractivity contribution in [1.29, 1.82) is 0 Å². The Morgan fingerprint density at radius 2 is 1.71 bits per heavy atom. The summed E-state index contributed by atoms with van der Waals surface area (Å²) >= 11 is -0.835. The molecule has 2 heterocycles. The van der Waals surface area contributed by atoms with Gasteiger partial charge in [0.2, 0.25) is 0 Å². The first-order valence-electron chi connectivity index (χ1n) is 9.13. The first-order chi connectivity index (χ1) is 13.4. The van der Waals surface area contributed by atoms with Crippen LogP contribution >= 0.6 is 11.3 Å². The number of benzene rings is 2. The van der Waals surface area contributed by atoms with Crippen molar-refractivity contribution in [2.45, 2.75) is 14.8 Å². The molecule has 0 N–H and O–H groups in total. The fraction of sp³-hybridized carbons (Fsp3) is 0.182. The molecule has 4 aromatic rings. The van der Waals surface area contributed by atoms with Crippen molar-refractivity contribution in [2.75, 3.05) is 7.11 Å². The zero-order valence-corrected chi connectivity index (χ0v) is 20.1. The van der Waals surface area contributed by atoms with Crippen LogP contribution in [0, 0.1) is 0 Å². The van der Waals surface area contributed by atoms with E-state index in [4.69, 9.17) is 4.74 Å². The average molecular weight is 497 g/mol. The van der Waals surface area contributed by atoms with Crippen molar-refractivity contribution >= 4 is 43.5 Å². The van der Waals surface area contributed by atoms with Crippen LogP contribution in [-0.2, 0) is 0 Å². The molecular formula is C22H22N2O2SSn. The Balaban J connectivity index is 1.87. The summed E-state index contributed by atoms with van der Waals surface area (Å²) < 4.78 is 8.94. The van der Waals surface area contributed by atoms with Gasteiger partial charge in [0.1, 0.15) is 0 Å². The second-order valence-corrected chi connectivity index (χ2v) is 23.0. The molecule has 2 aromatic carbocycles. The molecule has 6 heteroatoms. The maximum absolute atomic E-state index is 13.1. The molecule has 142 valence electrons. The van der Waals surface area contributed by atoms with E-state index in [1.807, 2.05) is 24.3 Å². The molecule has 4 rings (SSSR count). The van der Waals surface area contributed by atoms with Gasteiger partial charge in [0.25, 0.3) is 0 Å². The number of methoxy groups -OCH3 is 1. The third-order valence-electron chi connectivity index (χ3n) is 4.86. The van der Waals surface area contributed by atoms with Crippen LogP contribution in [0.1, 0.15) is 0 Å². The molecular weight excluding hydrogens is 475 g/mol. The van der Waals surface area contributed by atoms with Gasteiger partial charge >= 0.3 is 166 Å². The number of nitrogens with zero attached hydrogens (tertiary/aromatic N) is 2. The molecule has 0 radical (unpaired) electrons. The molecule has 0 atom stereocenters. The van der Waals surface area contributed by atoms with Crippen molar-refractivity contribution in [3.8, 4) is 22.6 Å². The van der Waals surface area contributed by atoms with Crippen LogP contribution < -0.4 is 13.9 Å². The molecule has 0 spiro atoms. The summed E-state index contributed by atoms with van der Waals surface area (Å²) in [5.74, 6) is 0.759. The van der Waals surface area contributed by atoms with Crippen LogP contribution in [0.15, 0.2) is 65.0 Å². The average Bonchev–Trinajstić information content (AvgIpc) is 3.13. The normalized spacial score (nSPS) is 11.7. The van der Waals surface area contributed by atoms with Crippen molar-refractivity contribution in [1.82, 2.24) is 9.55 Å². The summed E-state index contributed by atoms with van der Waals surface area (Å²) in [6.07, 6.45) is 1.63. The molecule has 0 amide bonds. The van der Waals surface area contributed by atoms with E-state index in [9.17, 15) is 4.79 Å². The van der Waals surface area contributed by atoms with Crippen LogP contribution in [0.2, 0.25) is 14.8 Å². The summed E-state index contributed by atoms with van der Waals surface area (Å²) in [5.41, 5.74) is 3.83. The molecule has 28 heavy (non-hydrogen) atoms. The number of hydrogen-bond acceptors (Lipinski definition) is 4. The van der Waals surface area contributed by atoms with Gasteiger partial charge in [0.05, 0.1) is 7.11 Å². The summed E-state index contributed by atoms with van der Waals surface area (Å²) in [6.45, 7) is 0. The standard InChI is InChI=1S/C19H13N2O2S.3CH3.Sn/c1-23-15-9-7-14(8-10-15)21-12-20-17-16(11-24-18(17)19(21)22)13-5-3-2-4-6-13;;;;/h2-5,7-12H,1H3;3*1H3;. The predicted octanol–water partition coefficient (Wildman–Crippen LogP) is 4.67. The van der Waals surface area contributed by atoms with E-state index in [2.05, 4.69) is 49.4 Å². The number of hydrogen-bond donors (Lipinski definition) is 0. The molecule has 0 aliphatic heterocycles. The Morgan fingerprint density at radius 3 is 2.39 bits per heavy atom.